The average molecular weight is 241 g/mol. The fourth-order valence-electron chi connectivity index (χ4n) is 2.58. The van der Waals surface area contributed by atoms with E-state index in [-0.39, 0.29) is 30.3 Å². The topological polar surface area (TPSA) is 50.9 Å². The summed E-state index contributed by atoms with van der Waals surface area (Å²) in [5.41, 5.74) is 0. The summed E-state index contributed by atoms with van der Waals surface area (Å²) < 4.78 is 10.9. The second-order valence-electron chi connectivity index (χ2n) is 5.01. The first kappa shape index (κ1) is 12.8. The summed E-state index contributed by atoms with van der Waals surface area (Å²) in [5, 5.41) is 3.10. The Balaban J connectivity index is 1.87. The van der Waals surface area contributed by atoms with Crippen LogP contribution in [0.25, 0.3) is 0 Å². The van der Waals surface area contributed by atoms with Gasteiger partial charge >= 0.3 is 0 Å². The highest BCUT2D eigenvalue weighted by Crippen LogP contribution is 2.24. The molecule has 4 nitrogen and oxygen atoms in total. The fourth-order valence-corrected chi connectivity index (χ4v) is 2.58. The summed E-state index contributed by atoms with van der Waals surface area (Å²) in [6.07, 6.45) is 5.75. The Morgan fingerprint density at radius 1 is 1.35 bits per heavy atom. The van der Waals surface area contributed by atoms with Crippen LogP contribution in [0.3, 0.4) is 0 Å². The average Bonchev–Trinajstić information content (AvgIpc) is 3.05. The van der Waals surface area contributed by atoms with E-state index >= 15 is 0 Å². The van der Waals surface area contributed by atoms with Gasteiger partial charge in [0, 0.05) is 6.61 Å². The van der Waals surface area contributed by atoms with Gasteiger partial charge in [-0.2, -0.15) is 0 Å². The lowest BCUT2D eigenvalue weighted by Crippen LogP contribution is -2.45. The van der Waals surface area contributed by atoms with Gasteiger partial charge in [-0.15, -0.1) is 0 Å². The number of nitrogens with one attached hydrogen (secondary N) is 1. The lowest BCUT2D eigenvalue weighted by atomic mass is 10.1. The van der Waals surface area contributed by atoms with Gasteiger partial charge in [-0.05, 0) is 26.7 Å². The first-order valence-electron chi connectivity index (χ1n) is 6.79. The van der Waals surface area contributed by atoms with E-state index in [2.05, 4.69) is 5.32 Å². The zero-order chi connectivity index (χ0) is 12.3. The van der Waals surface area contributed by atoms with E-state index < -0.39 is 0 Å². The number of ether oxygens (including phenoxy) is 2. The molecule has 1 saturated carbocycles. The van der Waals surface area contributed by atoms with Gasteiger partial charge in [0.15, 0.2) is 6.10 Å². The van der Waals surface area contributed by atoms with Crippen LogP contribution in [0.5, 0.6) is 0 Å². The Labute approximate surface area is 103 Å². The van der Waals surface area contributed by atoms with Gasteiger partial charge in [0.1, 0.15) is 0 Å². The van der Waals surface area contributed by atoms with E-state index in [1.807, 2.05) is 13.8 Å². The Morgan fingerprint density at radius 2 is 2.06 bits per heavy atom. The van der Waals surface area contributed by atoms with Crippen molar-refractivity contribution < 1.29 is 14.3 Å². The highest BCUT2D eigenvalue weighted by atomic mass is 16.6. The molecule has 1 saturated heterocycles. The van der Waals surface area contributed by atoms with Crippen LogP contribution in [0.2, 0.25) is 0 Å². The minimum atomic E-state index is -0.222. The van der Waals surface area contributed by atoms with Crippen LogP contribution in [-0.4, -0.2) is 36.9 Å². The SMILES string of the molecule is CCO[C@@H]1CCCCC[C@H]1NC(=O)[C@@H]1O[C@H]1C. The van der Waals surface area contributed by atoms with E-state index in [1.54, 1.807) is 0 Å². The monoisotopic (exact) mass is 241 g/mol. The van der Waals surface area contributed by atoms with Crippen molar-refractivity contribution in [1.82, 2.24) is 5.32 Å². The zero-order valence-corrected chi connectivity index (χ0v) is 10.8. The predicted molar refractivity (Wildman–Crippen MR) is 64.8 cm³/mol. The summed E-state index contributed by atoms with van der Waals surface area (Å²) in [4.78, 5) is 11.9. The lowest BCUT2D eigenvalue weighted by Gasteiger charge is -2.25. The van der Waals surface area contributed by atoms with Crippen LogP contribution in [-0.2, 0) is 14.3 Å². The number of carbonyl (C=O) groups excluding carboxylic acids is 1. The van der Waals surface area contributed by atoms with Crippen LogP contribution >= 0.6 is 0 Å². The normalized spacial score (nSPS) is 37.3. The molecule has 2 aliphatic rings. The van der Waals surface area contributed by atoms with Crippen LogP contribution in [0.1, 0.15) is 46.0 Å². The van der Waals surface area contributed by atoms with Crippen molar-refractivity contribution >= 4 is 5.91 Å². The van der Waals surface area contributed by atoms with E-state index in [0.717, 1.165) is 12.8 Å². The van der Waals surface area contributed by atoms with Crippen LogP contribution in [0.15, 0.2) is 0 Å². The third-order valence-electron chi connectivity index (χ3n) is 3.63. The Hall–Kier alpha value is -0.610. The Kier molecular flexibility index (Phi) is 4.40. The molecule has 2 fully saturated rings. The molecule has 1 aliphatic carbocycles. The number of hydrogen-bond donors (Lipinski definition) is 1. The molecule has 0 bridgehead atoms. The van der Waals surface area contributed by atoms with Crippen molar-refractivity contribution in [3.8, 4) is 0 Å². The standard InChI is InChI=1S/C13H23NO3/c1-3-16-11-8-6-4-5-7-10(11)14-13(15)12-9(2)17-12/h9-12H,3-8H2,1-2H3,(H,14,15)/t9-,10+,11+,12+/m0/s1. The van der Waals surface area contributed by atoms with E-state index in [9.17, 15) is 4.79 Å². The molecule has 2 rings (SSSR count). The zero-order valence-electron chi connectivity index (χ0n) is 10.8. The van der Waals surface area contributed by atoms with Gasteiger partial charge in [-0.1, -0.05) is 19.3 Å². The molecule has 0 aromatic heterocycles. The number of carbonyl (C=O) groups is 1. The number of hydrogen-bond acceptors (Lipinski definition) is 3. The first-order valence-corrected chi connectivity index (χ1v) is 6.79. The van der Waals surface area contributed by atoms with Crippen LogP contribution in [0.4, 0.5) is 0 Å². The lowest BCUT2D eigenvalue weighted by molar-refractivity contribution is -0.124. The van der Waals surface area contributed by atoms with Gasteiger partial charge in [0.2, 0.25) is 0 Å². The summed E-state index contributed by atoms with van der Waals surface area (Å²) in [7, 11) is 0. The first-order chi connectivity index (χ1) is 8.22. The summed E-state index contributed by atoms with van der Waals surface area (Å²) in [6.45, 7) is 4.65. The van der Waals surface area contributed by atoms with Gasteiger partial charge in [0.25, 0.3) is 5.91 Å². The van der Waals surface area contributed by atoms with Crippen molar-refractivity contribution in [2.75, 3.05) is 6.61 Å². The molecule has 0 spiro atoms. The molecule has 0 radical (unpaired) electrons. The summed E-state index contributed by atoms with van der Waals surface area (Å²) >= 11 is 0. The molecule has 0 unspecified atom stereocenters. The molecule has 1 heterocycles. The molecule has 17 heavy (non-hydrogen) atoms. The highest BCUT2D eigenvalue weighted by molar-refractivity contribution is 5.83. The van der Waals surface area contributed by atoms with Crippen molar-refractivity contribution in [3.63, 3.8) is 0 Å². The molecule has 1 N–H and O–H groups in total. The second-order valence-corrected chi connectivity index (χ2v) is 5.01. The summed E-state index contributed by atoms with van der Waals surface area (Å²) in [5.74, 6) is 0.0362. The van der Waals surface area contributed by atoms with Crippen molar-refractivity contribution in [1.29, 1.82) is 0 Å². The van der Waals surface area contributed by atoms with E-state index in [0.29, 0.717) is 6.61 Å². The molecule has 0 aromatic rings. The highest BCUT2D eigenvalue weighted by Gasteiger charge is 2.42. The van der Waals surface area contributed by atoms with Crippen molar-refractivity contribution in [2.24, 2.45) is 0 Å². The maximum atomic E-state index is 11.9. The molecule has 4 atom stereocenters. The molecule has 0 aromatic carbocycles. The van der Waals surface area contributed by atoms with Crippen molar-refractivity contribution in [3.05, 3.63) is 0 Å². The van der Waals surface area contributed by atoms with Gasteiger partial charge in [-0.25, -0.2) is 0 Å². The third-order valence-corrected chi connectivity index (χ3v) is 3.63. The molecule has 4 heteroatoms. The second kappa shape index (κ2) is 5.83. The van der Waals surface area contributed by atoms with Gasteiger partial charge < -0.3 is 14.8 Å². The van der Waals surface area contributed by atoms with E-state index in [4.69, 9.17) is 9.47 Å². The van der Waals surface area contributed by atoms with E-state index in [1.165, 1.54) is 19.3 Å². The number of epoxide rings is 1. The molecular weight excluding hydrogens is 218 g/mol. The van der Waals surface area contributed by atoms with Gasteiger partial charge in [-0.3, -0.25) is 4.79 Å². The van der Waals surface area contributed by atoms with Crippen LogP contribution < -0.4 is 5.32 Å². The van der Waals surface area contributed by atoms with Crippen LogP contribution in [0, 0.1) is 0 Å². The minimum Gasteiger partial charge on any atom is -0.376 e. The van der Waals surface area contributed by atoms with Crippen molar-refractivity contribution in [2.45, 2.75) is 70.3 Å². The fraction of sp³-hybridized carbons (Fsp3) is 0.923. The smallest absolute Gasteiger partial charge is 0.252 e. The number of rotatable bonds is 4. The quantitative estimate of drug-likeness (QED) is 0.601. The Morgan fingerprint density at radius 3 is 2.71 bits per heavy atom. The van der Waals surface area contributed by atoms with Gasteiger partial charge in [0.05, 0.1) is 18.2 Å². The predicted octanol–water partition coefficient (Wildman–Crippen LogP) is 1.63. The Bertz CT molecular complexity index is 269. The number of amides is 1. The molecule has 1 aliphatic heterocycles. The maximum Gasteiger partial charge on any atom is 0.252 e. The minimum absolute atomic E-state index is 0.0362. The summed E-state index contributed by atoms with van der Waals surface area (Å²) in [6, 6.07) is 0.168. The molecule has 98 valence electrons. The molecular formula is C13H23NO3. The third kappa shape index (κ3) is 3.42. The molecule has 1 amide bonds. The largest absolute Gasteiger partial charge is 0.376 e. The maximum absolute atomic E-state index is 11.9.